The number of piperidine rings is 1. The second-order valence-corrected chi connectivity index (χ2v) is 4.60. The van der Waals surface area contributed by atoms with Gasteiger partial charge in [-0.3, -0.25) is 4.90 Å². The van der Waals surface area contributed by atoms with Crippen LogP contribution in [-0.4, -0.2) is 24.5 Å². The molecular weight excluding hydrogens is 196 g/mol. The first-order chi connectivity index (χ1) is 7.92. The molecule has 0 aliphatic carbocycles. The summed E-state index contributed by atoms with van der Waals surface area (Å²) in [5.41, 5.74) is 7.07. The van der Waals surface area contributed by atoms with Crippen LogP contribution in [0.2, 0.25) is 0 Å². The van der Waals surface area contributed by atoms with Crippen LogP contribution in [0.5, 0.6) is 0 Å². The van der Waals surface area contributed by atoms with Crippen LogP contribution in [0.1, 0.15) is 37.3 Å². The van der Waals surface area contributed by atoms with Gasteiger partial charge < -0.3 is 5.73 Å². The van der Waals surface area contributed by atoms with Gasteiger partial charge in [-0.2, -0.15) is 0 Å². The number of nitrogens with zero attached hydrogens (tertiary/aromatic N) is 1. The van der Waals surface area contributed by atoms with Crippen LogP contribution < -0.4 is 5.73 Å². The largest absolute Gasteiger partial charge is 0.330 e. The number of hydrogen-bond donors (Lipinski definition) is 1. The Labute approximate surface area is 98.4 Å². The van der Waals surface area contributed by atoms with Crippen LogP contribution in [0.25, 0.3) is 0 Å². The summed E-state index contributed by atoms with van der Waals surface area (Å²) in [6.45, 7) is 3.19. The summed E-state index contributed by atoms with van der Waals surface area (Å²) >= 11 is 0. The normalized spacial score (nSPS) is 22.2. The van der Waals surface area contributed by atoms with Crippen LogP contribution in [0.15, 0.2) is 30.3 Å². The van der Waals surface area contributed by atoms with Gasteiger partial charge in [0.1, 0.15) is 0 Å². The Bertz CT molecular complexity index is 297. The SMILES string of the molecule is NCCCN1CCCCC1c1ccccc1. The van der Waals surface area contributed by atoms with Gasteiger partial charge >= 0.3 is 0 Å². The van der Waals surface area contributed by atoms with E-state index in [9.17, 15) is 0 Å². The summed E-state index contributed by atoms with van der Waals surface area (Å²) in [6.07, 6.45) is 5.12. The lowest BCUT2D eigenvalue weighted by molar-refractivity contribution is 0.148. The lowest BCUT2D eigenvalue weighted by Gasteiger charge is -2.36. The molecule has 1 aliphatic heterocycles. The van der Waals surface area contributed by atoms with E-state index in [0.717, 1.165) is 19.5 Å². The van der Waals surface area contributed by atoms with Crippen molar-refractivity contribution in [1.29, 1.82) is 0 Å². The van der Waals surface area contributed by atoms with Crippen molar-refractivity contribution in [3.05, 3.63) is 35.9 Å². The van der Waals surface area contributed by atoms with Crippen molar-refractivity contribution in [3.63, 3.8) is 0 Å². The highest BCUT2D eigenvalue weighted by Gasteiger charge is 2.22. The van der Waals surface area contributed by atoms with Gasteiger partial charge in [-0.05, 0) is 44.5 Å². The van der Waals surface area contributed by atoms with E-state index < -0.39 is 0 Å². The molecule has 2 N–H and O–H groups in total. The Hall–Kier alpha value is -0.860. The fourth-order valence-electron chi connectivity index (χ4n) is 2.61. The fraction of sp³-hybridized carbons (Fsp3) is 0.571. The molecule has 88 valence electrons. The Balaban J connectivity index is 2.04. The molecule has 1 unspecified atom stereocenters. The molecule has 0 aromatic heterocycles. The van der Waals surface area contributed by atoms with Gasteiger partial charge in [0.15, 0.2) is 0 Å². The van der Waals surface area contributed by atoms with Crippen molar-refractivity contribution in [3.8, 4) is 0 Å². The van der Waals surface area contributed by atoms with Crippen molar-refractivity contribution < 1.29 is 0 Å². The zero-order chi connectivity index (χ0) is 11.2. The van der Waals surface area contributed by atoms with Crippen LogP contribution in [0.4, 0.5) is 0 Å². The predicted octanol–water partition coefficient (Wildman–Crippen LogP) is 2.56. The number of hydrogen-bond acceptors (Lipinski definition) is 2. The van der Waals surface area contributed by atoms with Crippen molar-refractivity contribution in [2.45, 2.75) is 31.7 Å². The van der Waals surface area contributed by atoms with Gasteiger partial charge in [0.2, 0.25) is 0 Å². The molecule has 1 fully saturated rings. The standard InChI is InChI=1S/C14H22N2/c15-10-6-12-16-11-5-4-9-14(16)13-7-2-1-3-8-13/h1-3,7-8,14H,4-6,9-12,15H2. The molecule has 2 rings (SSSR count). The zero-order valence-electron chi connectivity index (χ0n) is 9.94. The minimum absolute atomic E-state index is 0.626. The highest BCUT2D eigenvalue weighted by atomic mass is 15.2. The van der Waals surface area contributed by atoms with Crippen molar-refractivity contribution in [2.24, 2.45) is 5.73 Å². The van der Waals surface area contributed by atoms with Gasteiger partial charge in [-0.1, -0.05) is 36.8 Å². The van der Waals surface area contributed by atoms with Crippen LogP contribution in [0.3, 0.4) is 0 Å². The first-order valence-corrected chi connectivity index (χ1v) is 6.41. The number of nitrogens with two attached hydrogens (primary N) is 1. The van der Waals surface area contributed by atoms with Gasteiger partial charge in [0.05, 0.1) is 0 Å². The lowest BCUT2D eigenvalue weighted by atomic mass is 9.95. The van der Waals surface area contributed by atoms with E-state index in [1.807, 2.05) is 0 Å². The molecule has 0 radical (unpaired) electrons. The van der Waals surface area contributed by atoms with Crippen molar-refractivity contribution >= 4 is 0 Å². The van der Waals surface area contributed by atoms with Gasteiger partial charge in [-0.15, -0.1) is 0 Å². The molecule has 2 heteroatoms. The van der Waals surface area contributed by atoms with E-state index in [1.54, 1.807) is 0 Å². The molecule has 2 nitrogen and oxygen atoms in total. The maximum atomic E-state index is 5.60. The minimum atomic E-state index is 0.626. The number of benzene rings is 1. The summed E-state index contributed by atoms with van der Waals surface area (Å²) in [5, 5.41) is 0. The minimum Gasteiger partial charge on any atom is -0.330 e. The Kier molecular flexibility index (Phi) is 4.37. The first-order valence-electron chi connectivity index (χ1n) is 6.41. The summed E-state index contributed by atoms with van der Waals surface area (Å²) < 4.78 is 0. The van der Waals surface area contributed by atoms with E-state index in [0.29, 0.717) is 6.04 Å². The molecule has 1 saturated heterocycles. The summed E-state index contributed by atoms with van der Waals surface area (Å²) in [5.74, 6) is 0. The molecule has 0 spiro atoms. The number of rotatable bonds is 4. The Morgan fingerprint density at radius 2 is 2.00 bits per heavy atom. The molecule has 1 aromatic rings. The van der Waals surface area contributed by atoms with Gasteiger partial charge in [0, 0.05) is 6.04 Å². The van der Waals surface area contributed by atoms with E-state index in [-0.39, 0.29) is 0 Å². The number of likely N-dealkylation sites (tertiary alicyclic amines) is 1. The lowest BCUT2D eigenvalue weighted by Crippen LogP contribution is -2.34. The van der Waals surface area contributed by atoms with Crippen LogP contribution >= 0.6 is 0 Å². The van der Waals surface area contributed by atoms with Crippen molar-refractivity contribution in [1.82, 2.24) is 4.90 Å². The average Bonchev–Trinajstić information content (AvgIpc) is 2.38. The van der Waals surface area contributed by atoms with E-state index >= 15 is 0 Å². The molecule has 16 heavy (non-hydrogen) atoms. The van der Waals surface area contributed by atoms with E-state index in [2.05, 4.69) is 35.2 Å². The maximum Gasteiger partial charge on any atom is 0.0348 e. The van der Waals surface area contributed by atoms with Crippen LogP contribution in [0, 0.1) is 0 Å². The summed E-state index contributed by atoms with van der Waals surface area (Å²) in [4.78, 5) is 2.60. The molecule has 0 amide bonds. The third kappa shape index (κ3) is 2.83. The first kappa shape index (κ1) is 11.6. The molecule has 1 aliphatic rings. The predicted molar refractivity (Wildman–Crippen MR) is 68.3 cm³/mol. The topological polar surface area (TPSA) is 29.3 Å². The van der Waals surface area contributed by atoms with Crippen molar-refractivity contribution in [2.75, 3.05) is 19.6 Å². The third-order valence-corrected chi connectivity index (χ3v) is 3.45. The van der Waals surface area contributed by atoms with Crippen LogP contribution in [-0.2, 0) is 0 Å². The maximum absolute atomic E-state index is 5.60. The fourth-order valence-corrected chi connectivity index (χ4v) is 2.61. The molecule has 1 atom stereocenters. The average molecular weight is 218 g/mol. The van der Waals surface area contributed by atoms with E-state index in [1.165, 1.54) is 31.4 Å². The van der Waals surface area contributed by atoms with Gasteiger partial charge in [0.25, 0.3) is 0 Å². The highest BCUT2D eigenvalue weighted by Crippen LogP contribution is 2.30. The summed E-state index contributed by atoms with van der Waals surface area (Å²) in [6, 6.07) is 11.5. The third-order valence-electron chi connectivity index (χ3n) is 3.45. The molecule has 1 heterocycles. The monoisotopic (exact) mass is 218 g/mol. The molecule has 1 aromatic carbocycles. The summed E-state index contributed by atoms with van der Waals surface area (Å²) in [7, 11) is 0. The quantitative estimate of drug-likeness (QED) is 0.841. The smallest absolute Gasteiger partial charge is 0.0348 e. The highest BCUT2D eigenvalue weighted by molar-refractivity contribution is 5.19. The second kappa shape index (κ2) is 6.02. The molecule has 0 saturated carbocycles. The molecular formula is C14H22N2. The molecule has 0 bridgehead atoms. The van der Waals surface area contributed by atoms with Gasteiger partial charge in [-0.25, -0.2) is 0 Å². The van der Waals surface area contributed by atoms with E-state index in [4.69, 9.17) is 5.73 Å². The second-order valence-electron chi connectivity index (χ2n) is 4.60. The Morgan fingerprint density at radius 1 is 1.19 bits per heavy atom. The Morgan fingerprint density at radius 3 is 2.75 bits per heavy atom. The zero-order valence-corrected chi connectivity index (χ0v) is 9.94.